The molecule has 1 saturated heterocycles. The first-order chi connectivity index (χ1) is 13.5. The van der Waals surface area contributed by atoms with E-state index in [-0.39, 0.29) is 18.3 Å². The van der Waals surface area contributed by atoms with Gasteiger partial charge in [0.05, 0.1) is 25.7 Å². The molecular formula is C21H25NO6. The van der Waals surface area contributed by atoms with Crippen LogP contribution in [0.25, 0.3) is 6.08 Å². The molecular weight excluding hydrogens is 362 g/mol. The molecule has 2 heterocycles. The first kappa shape index (κ1) is 19.9. The van der Waals surface area contributed by atoms with Crippen LogP contribution in [0.5, 0.6) is 5.75 Å². The van der Waals surface area contributed by atoms with E-state index in [2.05, 4.69) is 4.74 Å². The molecule has 1 atom stereocenters. The van der Waals surface area contributed by atoms with Crippen molar-refractivity contribution >= 4 is 23.9 Å². The highest BCUT2D eigenvalue weighted by Crippen LogP contribution is 2.39. The van der Waals surface area contributed by atoms with Crippen LogP contribution in [0.4, 0.5) is 4.79 Å². The third kappa shape index (κ3) is 4.35. The summed E-state index contributed by atoms with van der Waals surface area (Å²) in [5.41, 5.74) is 0.657. The van der Waals surface area contributed by atoms with Gasteiger partial charge in [-0.25, -0.2) is 9.59 Å². The molecule has 7 nitrogen and oxygen atoms in total. The lowest BCUT2D eigenvalue weighted by Crippen LogP contribution is -2.43. The lowest BCUT2D eigenvalue weighted by Gasteiger charge is -2.37. The number of carbonyl (C=O) groups excluding carboxylic acids is 3. The molecule has 0 saturated carbocycles. The van der Waals surface area contributed by atoms with Crippen LogP contribution < -0.4 is 4.74 Å². The van der Waals surface area contributed by atoms with E-state index in [9.17, 15) is 14.4 Å². The Morgan fingerprint density at radius 3 is 2.86 bits per heavy atom. The summed E-state index contributed by atoms with van der Waals surface area (Å²) in [7, 11) is 1.31. The first-order valence-electron chi connectivity index (χ1n) is 9.50. The van der Waals surface area contributed by atoms with Gasteiger partial charge in [0.25, 0.3) is 0 Å². The summed E-state index contributed by atoms with van der Waals surface area (Å²) in [6.07, 6.45) is 4.92. The van der Waals surface area contributed by atoms with E-state index in [1.807, 2.05) is 0 Å². The first-order valence-corrected chi connectivity index (χ1v) is 9.50. The standard InChI is InChI=1S/C21H25NO6/c1-3-27-20(25)22-11-4-9-21(10-12-22)14-17(23)16-13-15(5-7-18(16)28-21)6-8-19(24)26-2/h5-8,13H,3-4,9-12,14H2,1-2H3. The summed E-state index contributed by atoms with van der Waals surface area (Å²) >= 11 is 0. The molecule has 0 radical (unpaired) electrons. The third-order valence-corrected chi connectivity index (χ3v) is 5.15. The molecule has 1 spiro atoms. The number of nitrogens with zero attached hydrogens (tertiary/aromatic N) is 1. The van der Waals surface area contributed by atoms with E-state index in [1.54, 1.807) is 36.1 Å². The number of hydrogen-bond donors (Lipinski definition) is 0. The van der Waals surface area contributed by atoms with Crippen molar-refractivity contribution in [1.29, 1.82) is 0 Å². The topological polar surface area (TPSA) is 82.1 Å². The molecule has 1 aromatic rings. The number of methoxy groups -OCH3 is 1. The van der Waals surface area contributed by atoms with Gasteiger partial charge in [-0.2, -0.15) is 0 Å². The number of hydrogen-bond acceptors (Lipinski definition) is 6. The van der Waals surface area contributed by atoms with Crippen molar-refractivity contribution in [2.45, 2.75) is 38.2 Å². The highest BCUT2D eigenvalue weighted by molar-refractivity contribution is 6.01. The number of amides is 1. The number of Topliss-reactive ketones (excluding diaryl/α,β-unsaturated/α-hetero) is 1. The highest BCUT2D eigenvalue weighted by Gasteiger charge is 2.42. The molecule has 3 rings (SSSR count). The van der Waals surface area contributed by atoms with E-state index in [1.165, 1.54) is 13.2 Å². The molecule has 0 N–H and O–H groups in total. The van der Waals surface area contributed by atoms with Gasteiger partial charge in [-0.15, -0.1) is 0 Å². The van der Waals surface area contributed by atoms with Crippen LogP contribution in [0.1, 0.15) is 48.5 Å². The fourth-order valence-corrected chi connectivity index (χ4v) is 3.69. The zero-order valence-electron chi connectivity index (χ0n) is 16.2. The lowest BCUT2D eigenvalue weighted by atomic mass is 9.84. The maximum absolute atomic E-state index is 12.8. The Bertz CT molecular complexity index is 802. The zero-order valence-corrected chi connectivity index (χ0v) is 16.2. The smallest absolute Gasteiger partial charge is 0.409 e. The van der Waals surface area contributed by atoms with Gasteiger partial charge in [-0.3, -0.25) is 4.79 Å². The molecule has 1 fully saturated rings. The van der Waals surface area contributed by atoms with E-state index < -0.39 is 11.6 Å². The van der Waals surface area contributed by atoms with Gasteiger partial charge in [-0.05, 0) is 43.5 Å². The van der Waals surface area contributed by atoms with Crippen molar-refractivity contribution < 1.29 is 28.6 Å². The van der Waals surface area contributed by atoms with E-state index >= 15 is 0 Å². The van der Waals surface area contributed by atoms with Crippen molar-refractivity contribution in [3.63, 3.8) is 0 Å². The highest BCUT2D eigenvalue weighted by atomic mass is 16.6. The van der Waals surface area contributed by atoms with Crippen molar-refractivity contribution in [3.05, 3.63) is 35.4 Å². The number of rotatable bonds is 3. The summed E-state index contributed by atoms with van der Waals surface area (Å²) in [5.74, 6) is 0.110. The van der Waals surface area contributed by atoms with Crippen LogP contribution in [-0.4, -0.2) is 55.2 Å². The Morgan fingerprint density at radius 1 is 1.29 bits per heavy atom. The molecule has 2 aliphatic rings. The van der Waals surface area contributed by atoms with Gasteiger partial charge in [-0.1, -0.05) is 6.07 Å². The monoisotopic (exact) mass is 387 g/mol. The van der Waals surface area contributed by atoms with Crippen molar-refractivity contribution in [2.75, 3.05) is 26.8 Å². The molecule has 1 unspecified atom stereocenters. The fourth-order valence-electron chi connectivity index (χ4n) is 3.69. The molecule has 2 aliphatic heterocycles. The molecule has 28 heavy (non-hydrogen) atoms. The minimum Gasteiger partial charge on any atom is -0.486 e. The van der Waals surface area contributed by atoms with E-state index in [4.69, 9.17) is 9.47 Å². The summed E-state index contributed by atoms with van der Waals surface area (Å²) in [6.45, 7) is 3.23. The second-order valence-electron chi connectivity index (χ2n) is 7.04. The predicted octanol–water partition coefficient (Wildman–Crippen LogP) is 3.22. The molecule has 7 heteroatoms. The second-order valence-corrected chi connectivity index (χ2v) is 7.04. The fraction of sp³-hybridized carbons (Fsp3) is 0.476. The number of ketones is 1. The van der Waals surface area contributed by atoms with Crippen LogP contribution in [0.3, 0.4) is 0 Å². The number of benzene rings is 1. The number of carbonyl (C=O) groups is 3. The van der Waals surface area contributed by atoms with Gasteiger partial charge in [0.2, 0.25) is 0 Å². The number of esters is 1. The van der Waals surface area contributed by atoms with Crippen molar-refractivity contribution in [1.82, 2.24) is 4.90 Å². The van der Waals surface area contributed by atoms with Gasteiger partial charge in [0.1, 0.15) is 11.4 Å². The molecule has 0 bridgehead atoms. The molecule has 1 amide bonds. The van der Waals surface area contributed by atoms with Crippen LogP contribution in [0.15, 0.2) is 24.3 Å². The number of ether oxygens (including phenoxy) is 3. The Balaban J connectivity index is 1.75. The predicted molar refractivity (Wildman–Crippen MR) is 102 cm³/mol. The average Bonchev–Trinajstić information content (AvgIpc) is 2.89. The quantitative estimate of drug-likeness (QED) is 0.585. The van der Waals surface area contributed by atoms with Crippen LogP contribution in [0, 0.1) is 0 Å². The van der Waals surface area contributed by atoms with E-state index in [0.29, 0.717) is 43.9 Å². The van der Waals surface area contributed by atoms with Crippen molar-refractivity contribution in [3.8, 4) is 5.75 Å². The number of fused-ring (bicyclic) bond motifs is 1. The SMILES string of the molecule is CCOC(=O)N1CCCC2(CC1)CC(=O)c1cc(C=CC(=O)OC)ccc1O2. The molecule has 0 aromatic heterocycles. The molecule has 1 aromatic carbocycles. The van der Waals surface area contributed by atoms with Crippen LogP contribution >= 0.6 is 0 Å². The summed E-state index contributed by atoms with van der Waals surface area (Å²) in [4.78, 5) is 37.8. The summed E-state index contributed by atoms with van der Waals surface area (Å²) < 4.78 is 16.0. The average molecular weight is 387 g/mol. The largest absolute Gasteiger partial charge is 0.486 e. The zero-order chi connectivity index (χ0) is 20.1. The van der Waals surface area contributed by atoms with Crippen molar-refractivity contribution in [2.24, 2.45) is 0 Å². The Morgan fingerprint density at radius 2 is 2.11 bits per heavy atom. The van der Waals surface area contributed by atoms with Gasteiger partial charge in [0.15, 0.2) is 5.78 Å². The molecule has 0 aliphatic carbocycles. The lowest BCUT2D eigenvalue weighted by molar-refractivity contribution is -0.134. The summed E-state index contributed by atoms with van der Waals surface area (Å²) in [5, 5.41) is 0. The minimum absolute atomic E-state index is 0.0131. The normalized spacial score (nSPS) is 21.8. The Labute approximate surface area is 164 Å². The van der Waals surface area contributed by atoms with Gasteiger partial charge >= 0.3 is 12.1 Å². The maximum Gasteiger partial charge on any atom is 0.409 e. The second kappa shape index (κ2) is 8.46. The Kier molecular flexibility index (Phi) is 6.02. The van der Waals surface area contributed by atoms with E-state index in [0.717, 1.165) is 12.0 Å². The van der Waals surface area contributed by atoms with Gasteiger partial charge in [0, 0.05) is 25.6 Å². The minimum atomic E-state index is -0.589. The van der Waals surface area contributed by atoms with Crippen LogP contribution in [-0.2, 0) is 14.3 Å². The Hall–Kier alpha value is -2.83. The van der Waals surface area contributed by atoms with Crippen LogP contribution in [0.2, 0.25) is 0 Å². The summed E-state index contributed by atoms with van der Waals surface area (Å²) in [6, 6.07) is 5.29. The third-order valence-electron chi connectivity index (χ3n) is 5.15. The maximum atomic E-state index is 12.8. The van der Waals surface area contributed by atoms with Gasteiger partial charge < -0.3 is 19.1 Å². The molecule has 150 valence electrons. The number of likely N-dealkylation sites (tertiary alicyclic amines) is 1.